The van der Waals surface area contributed by atoms with Gasteiger partial charge >= 0.3 is 0 Å². The first-order chi connectivity index (χ1) is 10.2. The number of nitrogens with one attached hydrogen (secondary N) is 1. The van der Waals surface area contributed by atoms with Crippen LogP contribution in [0.1, 0.15) is 22.1 Å². The summed E-state index contributed by atoms with van der Waals surface area (Å²) in [6.45, 7) is 0. The Kier molecular flexibility index (Phi) is 3.84. The molecule has 3 nitrogen and oxygen atoms in total. The van der Waals surface area contributed by atoms with Gasteiger partial charge in [0.15, 0.2) is 0 Å². The van der Waals surface area contributed by atoms with Crippen molar-refractivity contribution in [2.24, 2.45) is 0 Å². The summed E-state index contributed by atoms with van der Waals surface area (Å²) in [4.78, 5) is 11.4. The first kappa shape index (κ1) is 14.0. The third kappa shape index (κ3) is 3.03. The normalized spacial score (nSPS) is 14.5. The van der Waals surface area contributed by atoms with Crippen molar-refractivity contribution < 1.29 is 9.53 Å². The van der Waals surface area contributed by atoms with Gasteiger partial charge in [-0.05, 0) is 41.3 Å². The molecule has 1 unspecified atom stereocenters. The number of rotatable bonds is 4. The molecule has 2 aromatic carbocycles. The molecule has 0 aromatic heterocycles. The van der Waals surface area contributed by atoms with E-state index in [9.17, 15) is 4.79 Å². The predicted molar refractivity (Wildman–Crippen MR) is 84.1 cm³/mol. The third-order valence-corrected chi connectivity index (χ3v) is 4.07. The van der Waals surface area contributed by atoms with Crippen molar-refractivity contribution in [1.29, 1.82) is 0 Å². The maximum atomic E-state index is 11.4. The van der Waals surface area contributed by atoms with Crippen LogP contribution in [0, 0.1) is 0 Å². The molecule has 4 heteroatoms. The van der Waals surface area contributed by atoms with Gasteiger partial charge in [0.25, 0.3) is 0 Å². The van der Waals surface area contributed by atoms with E-state index in [2.05, 4.69) is 5.32 Å². The highest BCUT2D eigenvalue weighted by Gasteiger charge is 2.19. The number of carbonyl (C=O) groups excluding carboxylic acids is 1. The number of methoxy groups -OCH3 is 1. The first-order valence-corrected chi connectivity index (χ1v) is 7.29. The largest absolute Gasteiger partial charge is 0.497 e. The van der Waals surface area contributed by atoms with Crippen molar-refractivity contribution >= 4 is 23.2 Å². The van der Waals surface area contributed by atoms with Gasteiger partial charge < -0.3 is 10.1 Å². The fourth-order valence-electron chi connectivity index (χ4n) is 2.57. The summed E-state index contributed by atoms with van der Waals surface area (Å²) in [6.07, 6.45) is 1.16. The fraction of sp³-hybridized carbons (Fsp3) is 0.235. The van der Waals surface area contributed by atoms with Crippen LogP contribution in [0.3, 0.4) is 0 Å². The number of anilines is 1. The summed E-state index contributed by atoms with van der Waals surface area (Å²) in [7, 11) is 1.65. The zero-order valence-electron chi connectivity index (χ0n) is 11.7. The molecule has 1 aliphatic rings. The predicted octanol–water partition coefficient (Wildman–Crippen LogP) is 3.71. The number of hydrogen-bond acceptors (Lipinski definition) is 2. The highest BCUT2D eigenvalue weighted by molar-refractivity contribution is 6.21. The standard InChI is InChI=1S/C17H16ClNO2/c1-21-14-4-2-3-11(7-14)8-15(18)12-5-6-16-13(9-12)10-17(20)19-16/h2-7,9,15H,8,10H2,1H3,(H,19,20). The lowest BCUT2D eigenvalue weighted by Gasteiger charge is -2.12. The van der Waals surface area contributed by atoms with E-state index in [-0.39, 0.29) is 11.3 Å². The molecule has 0 radical (unpaired) electrons. The highest BCUT2D eigenvalue weighted by atomic mass is 35.5. The number of hydrogen-bond donors (Lipinski definition) is 1. The lowest BCUT2D eigenvalue weighted by Crippen LogP contribution is -2.03. The molecule has 1 amide bonds. The Bertz CT molecular complexity index is 684. The molecule has 0 bridgehead atoms. The monoisotopic (exact) mass is 301 g/mol. The summed E-state index contributed by atoms with van der Waals surface area (Å²) in [5, 5.41) is 2.70. The lowest BCUT2D eigenvalue weighted by molar-refractivity contribution is -0.115. The highest BCUT2D eigenvalue weighted by Crippen LogP contribution is 2.31. The molecular formula is C17H16ClNO2. The number of amides is 1. The van der Waals surface area contributed by atoms with Crippen molar-refractivity contribution in [1.82, 2.24) is 0 Å². The summed E-state index contributed by atoms with van der Waals surface area (Å²) in [5.74, 6) is 0.876. The average Bonchev–Trinajstić information content (AvgIpc) is 2.86. The van der Waals surface area contributed by atoms with Crippen LogP contribution in [0.15, 0.2) is 42.5 Å². The van der Waals surface area contributed by atoms with Gasteiger partial charge in [-0.15, -0.1) is 11.6 Å². The molecule has 1 heterocycles. The molecule has 0 saturated heterocycles. The van der Waals surface area contributed by atoms with Crippen LogP contribution in [0.25, 0.3) is 0 Å². The number of fused-ring (bicyclic) bond motifs is 1. The summed E-state index contributed by atoms with van der Waals surface area (Å²) >= 11 is 6.53. The second-order valence-corrected chi connectivity index (χ2v) is 5.69. The Morgan fingerprint density at radius 3 is 2.95 bits per heavy atom. The molecule has 21 heavy (non-hydrogen) atoms. The van der Waals surface area contributed by atoms with Crippen LogP contribution in [0.4, 0.5) is 5.69 Å². The van der Waals surface area contributed by atoms with E-state index < -0.39 is 0 Å². The van der Waals surface area contributed by atoms with Crippen molar-refractivity contribution in [3.63, 3.8) is 0 Å². The minimum Gasteiger partial charge on any atom is -0.497 e. The quantitative estimate of drug-likeness (QED) is 0.874. The van der Waals surface area contributed by atoms with Crippen LogP contribution in [-0.4, -0.2) is 13.0 Å². The number of ether oxygens (including phenoxy) is 1. The molecule has 1 aliphatic heterocycles. The van der Waals surface area contributed by atoms with E-state index in [1.165, 1.54) is 0 Å². The molecule has 0 spiro atoms. The van der Waals surface area contributed by atoms with E-state index in [0.717, 1.165) is 34.5 Å². The Labute approximate surface area is 128 Å². The van der Waals surface area contributed by atoms with Crippen molar-refractivity contribution in [3.05, 3.63) is 59.2 Å². The van der Waals surface area contributed by atoms with Crippen LogP contribution >= 0.6 is 11.6 Å². The van der Waals surface area contributed by atoms with Gasteiger partial charge in [-0.1, -0.05) is 24.3 Å². The van der Waals surface area contributed by atoms with E-state index in [1.807, 2.05) is 42.5 Å². The van der Waals surface area contributed by atoms with Gasteiger partial charge in [0.1, 0.15) is 5.75 Å². The summed E-state index contributed by atoms with van der Waals surface area (Å²) < 4.78 is 5.23. The van der Waals surface area contributed by atoms with E-state index in [1.54, 1.807) is 7.11 Å². The fourth-order valence-corrected chi connectivity index (χ4v) is 2.88. The zero-order chi connectivity index (χ0) is 14.8. The molecule has 3 rings (SSSR count). The molecule has 1 atom stereocenters. The zero-order valence-corrected chi connectivity index (χ0v) is 12.5. The Hall–Kier alpha value is -2.00. The molecule has 108 valence electrons. The minimum absolute atomic E-state index is 0.0427. The van der Waals surface area contributed by atoms with E-state index in [4.69, 9.17) is 16.3 Å². The van der Waals surface area contributed by atoms with Crippen LogP contribution in [0.2, 0.25) is 0 Å². The van der Waals surface area contributed by atoms with Crippen molar-refractivity contribution in [2.75, 3.05) is 12.4 Å². The van der Waals surface area contributed by atoms with Crippen LogP contribution < -0.4 is 10.1 Å². The van der Waals surface area contributed by atoms with Crippen molar-refractivity contribution in [3.8, 4) is 5.75 Å². The molecular weight excluding hydrogens is 286 g/mol. The minimum atomic E-state index is -0.127. The topological polar surface area (TPSA) is 38.3 Å². The number of halogens is 1. The Morgan fingerprint density at radius 2 is 2.14 bits per heavy atom. The number of carbonyl (C=O) groups is 1. The molecule has 2 aromatic rings. The number of benzene rings is 2. The van der Waals surface area contributed by atoms with Crippen molar-refractivity contribution in [2.45, 2.75) is 18.2 Å². The van der Waals surface area contributed by atoms with E-state index >= 15 is 0 Å². The van der Waals surface area contributed by atoms with Gasteiger partial charge in [0, 0.05) is 5.69 Å². The SMILES string of the molecule is COc1cccc(CC(Cl)c2ccc3c(c2)CC(=O)N3)c1. The lowest BCUT2D eigenvalue weighted by atomic mass is 10.0. The maximum absolute atomic E-state index is 11.4. The van der Waals surface area contributed by atoms with Gasteiger partial charge in [0.05, 0.1) is 18.9 Å². The Morgan fingerprint density at radius 1 is 1.29 bits per heavy atom. The third-order valence-electron chi connectivity index (χ3n) is 3.67. The number of alkyl halides is 1. The van der Waals surface area contributed by atoms with Crippen LogP contribution in [-0.2, 0) is 17.6 Å². The van der Waals surface area contributed by atoms with Gasteiger partial charge in [0.2, 0.25) is 5.91 Å². The summed E-state index contributed by atoms with van der Waals surface area (Å²) in [6, 6.07) is 13.8. The molecule has 0 fully saturated rings. The maximum Gasteiger partial charge on any atom is 0.228 e. The first-order valence-electron chi connectivity index (χ1n) is 6.85. The smallest absolute Gasteiger partial charge is 0.228 e. The average molecular weight is 302 g/mol. The van der Waals surface area contributed by atoms with Gasteiger partial charge in [-0.2, -0.15) is 0 Å². The Balaban J connectivity index is 1.78. The second-order valence-electron chi connectivity index (χ2n) is 5.16. The van der Waals surface area contributed by atoms with E-state index in [0.29, 0.717) is 6.42 Å². The van der Waals surface area contributed by atoms with Crippen LogP contribution in [0.5, 0.6) is 5.75 Å². The second kappa shape index (κ2) is 5.78. The molecule has 0 aliphatic carbocycles. The summed E-state index contributed by atoms with van der Waals surface area (Å²) in [5.41, 5.74) is 4.08. The molecule has 1 N–H and O–H groups in total. The van der Waals surface area contributed by atoms with Gasteiger partial charge in [-0.3, -0.25) is 4.79 Å². The van der Waals surface area contributed by atoms with Gasteiger partial charge in [-0.25, -0.2) is 0 Å². The molecule has 0 saturated carbocycles.